The summed E-state index contributed by atoms with van der Waals surface area (Å²) in [6.07, 6.45) is 0. The lowest BCUT2D eigenvalue weighted by atomic mass is 9.98. The molecule has 23 heavy (non-hydrogen) atoms. The largest absolute Gasteiger partial charge is 0.493 e. The Morgan fingerprint density at radius 3 is 2.30 bits per heavy atom. The van der Waals surface area contributed by atoms with Gasteiger partial charge in [-0.1, -0.05) is 30.3 Å². The van der Waals surface area contributed by atoms with Crippen LogP contribution in [0.25, 0.3) is 11.1 Å². The molecule has 0 aliphatic heterocycles. The molecule has 0 atom stereocenters. The molecular weight excluding hydrogens is 290 g/mol. The van der Waals surface area contributed by atoms with E-state index in [4.69, 9.17) is 14.2 Å². The molecule has 0 radical (unpaired) electrons. The van der Waals surface area contributed by atoms with Crippen LogP contribution in [0.2, 0.25) is 0 Å². The third-order valence-corrected chi connectivity index (χ3v) is 3.64. The van der Waals surface area contributed by atoms with Crippen LogP contribution in [0, 0.1) is 0 Å². The molecule has 2 aromatic rings. The Hall–Kier alpha value is -2.04. The molecule has 0 bridgehead atoms. The van der Waals surface area contributed by atoms with Crippen LogP contribution in [0.3, 0.4) is 0 Å². The minimum Gasteiger partial charge on any atom is -0.493 e. The first-order valence-electron chi connectivity index (χ1n) is 7.89. The zero-order valence-corrected chi connectivity index (χ0v) is 14.1. The molecule has 0 heterocycles. The van der Waals surface area contributed by atoms with Gasteiger partial charge in [0.05, 0.1) is 20.8 Å². The number of rotatable bonds is 9. The first kappa shape index (κ1) is 17.3. The molecule has 4 nitrogen and oxygen atoms in total. The van der Waals surface area contributed by atoms with E-state index in [1.807, 2.05) is 37.3 Å². The molecule has 0 unspecified atom stereocenters. The van der Waals surface area contributed by atoms with E-state index in [2.05, 4.69) is 17.4 Å². The van der Waals surface area contributed by atoms with Crippen LogP contribution in [0.15, 0.2) is 42.5 Å². The summed E-state index contributed by atoms with van der Waals surface area (Å²) in [5.41, 5.74) is 3.48. The first-order valence-corrected chi connectivity index (χ1v) is 7.89. The van der Waals surface area contributed by atoms with Gasteiger partial charge in [-0.2, -0.15) is 0 Å². The Bertz CT molecular complexity index is 599. The van der Waals surface area contributed by atoms with Crippen LogP contribution in [-0.4, -0.2) is 34.0 Å². The van der Waals surface area contributed by atoms with Crippen LogP contribution < -0.4 is 14.8 Å². The number of benzene rings is 2. The highest BCUT2D eigenvalue weighted by atomic mass is 16.5. The van der Waals surface area contributed by atoms with Gasteiger partial charge in [0.2, 0.25) is 0 Å². The number of nitrogens with one attached hydrogen (secondary N) is 1. The molecule has 124 valence electrons. The summed E-state index contributed by atoms with van der Waals surface area (Å²) in [6.45, 7) is 5.02. The highest BCUT2D eigenvalue weighted by Crippen LogP contribution is 2.35. The quantitative estimate of drug-likeness (QED) is 0.719. The number of hydrogen-bond donors (Lipinski definition) is 1. The van der Waals surface area contributed by atoms with Crippen molar-refractivity contribution in [1.82, 2.24) is 5.32 Å². The van der Waals surface area contributed by atoms with E-state index < -0.39 is 0 Å². The molecule has 2 aromatic carbocycles. The van der Waals surface area contributed by atoms with Crippen molar-refractivity contribution >= 4 is 0 Å². The lowest BCUT2D eigenvalue weighted by molar-refractivity contribution is 0.149. The van der Waals surface area contributed by atoms with Crippen LogP contribution in [0.4, 0.5) is 0 Å². The maximum Gasteiger partial charge on any atom is 0.161 e. The number of hydrogen-bond acceptors (Lipinski definition) is 4. The van der Waals surface area contributed by atoms with Crippen molar-refractivity contribution < 1.29 is 14.2 Å². The van der Waals surface area contributed by atoms with Gasteiger partial charge in [-0.3, -0.25) is 0 Å². The SMILES string of the molecule is CCOCCNCc1cc(OC)c(OC)cc1-c1ccccc1. The normalized spacial score (nSPS) is 10.6. The molecule has 0 fully saturated rings. The lowest BCUT2D eigenvalue weighted by Gasteiger charge is -2.16. The van der Waals surface area contributed by atoms with Crippen molar-refractivity contribution in [2.24, 2.45) is 0 Å². The van der Waals surface area contributed by atoms with Crippen LogP contribution in [0.1, 0.15) is 12.5 Å². The van der Waals surface area contributed by atoms with Gasteiger partial charge in [-0.25, -0.2) is 0 Å². The van der Waals surface area contributed by atoms with Crippen molar-refractivity contribution in [1.29, 1.82) is 0 Å². The summed E-state index contributed by atoms with van der Waals surface area (Å²) in [7, 11) is 3.32. The second-order valence-corrected chi connectivity index (χ2v) is 5.10. The van der Waals surface area contributed by atoms with E-state index in [1.54, 1.807) is 14.2 Å². The second-order valence-electron chi connectivity index (χ2n) is 5.10. The van der Waals surface area contributed by atoms with Crippen molar-refractivity contribution in [3.63, 3.8) is 0 Å². The zero-order chi connectivity index (χ0) is 16.5. The van der Waals surface area contributed by atoms with Gasteiger partial charge in [0.15, 0.2) is 11.5 Å². The molecule has 0 spiro atoms. The minimum absolute atomic E-state index is 0.713. The average molecular weight is 315 g/mol. The highest BCUT2D eigenvalue weighted by Gasteiger charge is 2.12. The van der Waals surface area contributed by atoms with Gasteiger partial charge >= 0.3 is 0 Å². The van der Waals surface area contributed by atoms with Crippen molar-refractivity contribution in [3.8, 4) is 22.6 Å². The van der Waals surface area contributed by atoms with E-state index in [0.717, 1.165) is 42.3 Å². The smallest absolute Gasteiger partial charge is 0.161 e. The Labute approximate surface area is 138 Å². The van der Waals surface area contributed by atoms with Crippen molar-refractivity contribution in [2.75, 3.05) is 34.0 Å². The van der Waals surface area contributed by atoms with E-state index in [-0.39, 0.29) is 0 Å². The fraction of sp³-hybridized carbons (Fsp3) is 0.368. The molecule has 1 N–H and O–H groups in total. The molecular formula is C19H25NO3. The number of methoxy groups -OCH3 is 2. The lowest BCUT2D eigenvalue weighted by Crippen LogP contribution is -2.19. The van der Waals surface area contributed by atoms with E-state index >= 15 is 0 Å². The van der Waals surface area contributed by atoms with Crippen LogP contribution >= 0.6 is 0 Å². The zero-order valence-electron chi connectivity index (χ0n) is 14.1. The summed E-state index contributed by atoms with van der Waals surface area (Å²) in [4.78, 5) is 0. The fourth-order valence-corrected chi connectivity index (χ4v) is 2.47. The fourth-order valence-electron chi connectivity index (χ4n) is 2.47. The Morgan fingerprint density at radius 2 is 1.65 bits per heavy atom. The maximum atomic E-state index is 5.45. The van der Waals surface area contributed by atoms with Crippen molar-refractivity contribution in [3.05, 3.63) is 48.0 Å². The van der Waals surface area contributed by atoms with E-state index in [1.165, 1.54) is 5.56 Å². The standard InChI is InChI=1S/C19H25NO3/c1-4-23-11-10-20-14-16-12-18(21-2)19(22-3)13-17(16)15-8-6-5-7-9-15/h5-9,12-13,20H,4,10-11,14H2,1-3H3. The maximum absolute atomic E-state index is 5.45. The molecule has 4 heteroatoms. The highest BCUT2D eigenvalue weighted by molar-refractivity contribution is 5.71. The number of ether oxygens (including phenoxy) is 3. The van der Waals surface area contributed by atoms with Gasteiger partial charge in [-0.05, 0) is 35.7 Å². The third-order valence-electron chi connectivity index (χ3n) is 3.64. The average Bonchev–Trinajstić information content (AvgIpc) is 2.61. The van der Waals surface area contributed by atoms with E-state index in [0.29, 0.717) is 6.61 Å². The summed E-state index contributed by atoms with van der Waals surface area (Å²) >= 11 is 0. The minimum atomic E-state index is 0.713. The van der Waals surface area contributed by atoms with Gasteiger partial charge in [-0.15, -0.1) is 0 Å². The predicted molar refractivity (Wildman–Crippen MR) is 93.2 cm³/mol. The summed E-state index contributed by atoms with van der Waals surface area (Å²) in [6, 6.07) is 14.4. The third kappa shape index (κ3) is 4.71. The van der Waals surface area contributed by atoms with Crippen molar-refractivity contribution in [2.45, 2.75) is 13.5 Å². The Kier molecular flexibility index (Phi) is 6.91. The topological polar surface area (TPSA) is 39.7 Å². The van der Waals surface area contributed by atoms with Gasteiger partial charge < -0.3 is 19.5 Å². The molecule has 0 amide bonds. The second kappa shape index (κ2) is 9.18. The van der Waals surface area contributed by atoms with Gasteiger partial charge in [0.1, 0.15) is 0 Å². The summed E-state index contributed by atoms with van der Waals surface area (Å²) in [5, 5.41) is 3.41. The molecule has 0 aliphatic rings. The monoisotopic (exact) mass is 315 g/mol. The van der Waals surface area contributed by atoms with Crippen LogP contribution in [-0.2, 0) is 11.3 Å². The molecule has 2 rings (SSSR count). The Balaban J connectivity index is 2.26. The molecule has 0 saturated carbocycles. The first-order chi connectivity index (χ1) is 11.3. The summed E-state index contributed by atoms with van der Waals surface area (Å²) < 4.78 is 16.2. The van der Waals surface area contributed by atoms with Crippen LogP contribution in [0.5, 0.6) is 11.5 Å². The molecule has 0 aliphatic carbocycles. The molecule has 0 saturated heterocycles. The van der Waals surface area contributed by atoms with Gasteiger partial charge in [0, 0.05) is 19.7 Å². The van der Waals surface area contributed by atoms with E-state index in [9.17, 15) is 0 Å². The Morgan fingerprint density at radius 1 is 0.957 bits per heavy atom. The van der Waals surface area contributed by atoms with Gasteiger partial charge in [0.25, 0.3) is 0 Å². The predicted octanol–water partition coefficient (Wildman–Crippen LogP) is 3.50. The molecule has 0 aromatic heterocycles. The summed E-state index contributed by atoms with van der Waals surface area (Å²) in [5.74, 6) is 1.48.